The molecule has 1 heterocycles. The van der Waals surface area contributed by atoms with Crippen LogP contribution in [-0.2, 0) is 6.54 Å². The van der Waals surface area contributed by atoms with Gasteiger partial charge in [-0.25, -0.2) is 9.37 Å². The highest BCUT2D eigenvalue weighted by atomic mass is 19.1. The number of rotatable bonds is 5. The van der Waals surface area contributed by atoms with Gasteiger partial charge >= 0.3 is 0 Å². The molecule has 0 saturated carbocycles. The van der Waals surface area contributed by atoms with Crippen molar-refractivity contribution in [2.24, 2.45) is 0 Å². The Hall–Kier alpha value is -1.64. The first kappa shape index (κ1) is 12.8. The molecule has 1 atom stereocenters. The van der Waals surface area contributed by atoms with E-state index in [2.05, 4.69) is 23.4 Å². The number of imidazole rings is 1. The maximum Gasteiger partial charge on any atom is 0.123 e. The zero-order chi connectivity index (χ0) is 13.0. The molecule has 0 aliphatic carbocycles. The molecule has 0 aliphatic rings. The van der Waals surface area contributed by atoms with Crippen LogP contribution in [0.1, 0.15) is 43.9 Å². The standard InChI is InChI=1S/C15H19FN2/c1-3-4-12(2)15-9-17-11-18(15)10-13-5-7-14(16)8-6-13/h5-9,11-12H,3-4,10H2,1-2H3. The monoisotopic (exact) mass is 246 g/mol. The molecule has 0 radical (unpaired) electrons. The Kier molecular flexibility index (Phi) is 4.13. The normalized spacial score (nSPS) is 12.6. The molecule has 0 aliphatic heterocycles. The number of nitrogens with zero attached hydrogens (tertiary/aromatic N) is 2. The van der Waals surface area contributed by atoms with Crippen molar-refractivity contribution in [2.45, 2.75) is 39.2 Å². The lowest BCUT2D eigenvalue weighted by molar-refractivity contribution is 0.602. The third-order valence-corrected chi connectivity index (χ3v) is 3.24. The number of halogens is 1. The van der Waals surface area contributed by atoms with Crippen molar-refractivity contribution >= 4 is 0 Å². The quantitative estimate of drug-likeness (QED) is 0.780. The van der Waals surface area contributed by atoms with Crippen LogP contribution in [0, 0.1) is 5.82 Å². The minimum Gasteiger partial charge on any atom is -0.330 e. The molecule has 1 aromatic heterocycles. The maximum atomic E-state index is 12.9. The van der Waals surface area contributed by atoms with Crippen LogP contribution in [0.15, 0.2) is 36.8 Å². The lowest BCUT2D eigenvalue weighted by Crippen LogP contribution is -2.06. The van der Waals surface area contributed by atoms with Crippen molar-refractivity contribution in [1.82, 2.24) is 9.55 Å². The summed E-state index contributed by atoms with van der Waals surface area (Å²) in [5.74, 6) is 0.321. The molecule has 1 unspecified atom stereocenters. The molecular weight excluding hydrogens is 227 g/mol. The van der Waals surface area contributed by atoms with Gasteiger partial charge in [0.1, 0.15) is 5.82 Å². The van der Waals surface area contributed by atoms with Gasteiger partial charge in [-0.3, -0.25) is 0 Å². The fourth-order valence-electron chi connectivity index (χ4n) is 2.24. The molecule has 0 saturated heterocycles. The van der Waals surface area contributed by atoms with Gasteiger partial charge in [-0.2, -0.15) is 0 Å². The van der Waals surface area contributed by atoms with Crippen LogP contribution in [0.4, 0.5) is 4.39 Å². The lowest BCUT2D eigenvalue weighted by atomic mass is 10.0. The Labute approximate surface area is 107 Å². The van der Waals surface area contributed by atoms with Gasteiger partial charge < -0.3 is 4.57 Å². The van der Waals surface area contributed by atoms with Crippen molar-refractivity contribution in [1.29, 1.82) is 0 Å². The summed E-state index contributed by atoms with van der Waals surface area (Å²) in [5, 5.41) is 0. The summed E-state index contributed by atoms with van der Waals surface area (Å²) in [7, 11) is 0. The zero-order valence-corrected chi connectivity index (χ0v) is 10.9. The van der Waals surface area contributed by atoms with Crippen LogP contribution in [0.2, 0.25) is 0 Å². The molecule has 0 fully saturated rings. The van der Waals surface area contributed by atoms with E-state index in [4.69, 9.17) is 0 Å². The van der Waals surface area contributed by atoms with Crippen LogP contribution in [0.5, 0.6) is 0 Å². The topological polar surface area (TPSA) is 17.8 Å². The van der Waals surface area contributed by atoms with Crippen LogP contribution in [-0.4, -0.2) is 9.55 Å². The van der Waals surface area contributed by atoms with Gasteiger partial charge in [0, 0.05) is 18.4 Å². The summed E-state index contributed by atoms with van der Waals surface area (Å²) in [6.07, 6.45) is 6.12. The summed E-state index contributed by atoms with van der Waals surface area (Å²) in [6, 6.07) is 6.65. The Morgan fingerprint density at radius 3 is 2.67 bits per heavy atom. The minimum absolute atomic E-state index is 0.191. The first-order valence-electron chi connectivity index (χ1n) is 6.45. The summed E-state index contributed by atoms with van der Waals surface area (Å²) >= 11 is 0. The molecule has 0 spiro atoms. The van der Waals surface area contributed by atoms with E-state index in [0.29, 0.717) is 5.92 Å². The molecule has 18 heavy (non-hydrogen) atoms. The number of benzene rings is 1. The number of hydrogen-bond acceptors (Lipinski definition) is 1. The fourth-order valence-corrected chi connectivity index (χ4v) is 2.24. The van der Waals surface area contributed by atoms with Gasteiger partial charge in [-0.05, 0) is 30.0 Å². The average Bonchev–Trinajstić information content (AvgIpc) is 2.81. The molecule has 0 N–H and O–H groups in total. The zero-order valence-electron chi connectivity index (χ0n) is 10.9. The van der Waals surface area contributed by atoms with Gasteiger partial charge in [0.2, 0.25) is 0 Å². The summed E-state index contributed by atoms with van der Waals surface area (Å²) in [5.41, 5.74) is 2.35. The number of aromatic nitrogens is 2. The van der Waals surface area contributed by atoms with Gasteiger partial charge in [0.05, 0.1) is 6.33 Å². The van der Waals surface area contributed by atoms with Crippen molar-refractivity contribution in [3.8, 4) is 0 Å². The third-order valence-electron chi connectivity index (χ3n) is 3.24. The second kappa shape index (κ2) is 5.80. The highest BCUT2D eigenvalue weighted by Gasteiger charge is 2.10. The molecule has 0 bridgehead atoms. The van der Waals surface area contributed by atoms with Gasteiger partial charge in [0.25, 0.3) is 0 Å². The first-order chi connectivity index (χ1) is 8.70. The molecule has 2 rings (SSSR count). The lowest BCUT2D eigenvalue weighted by Gasteiger charge is -2.14. The third kappa shape index (κ3) is 2.97. The van der Waals surface area contributed by atoms with E-state index in [0.717, 1.165) is 18.5 Å². The maximum absolute atomic E-state index is 12.9. The predicted molar refractivity (Wildman–Crippen MR) is 71.1 cm³/mol. The van der Waals surface area contributed by atoms with E-state index in [1.54, 1.807) is 0 Å². The van der Waals surface area contributed by atoms with Crippen molar-refractivity contribution in [2.75, 3.05) is 0 Å². The molecule has 96 valence electrons. The van der Waals surface area contributed by atoms with Gasteiger partial charge in [0.15, 0.2) is 0 Å². The van der Waals surface area contributed by atoms with Crippen LogP contribution in [0.3, 0.4) is 0 Å². The SMILES string of the molecule is CCCC(C)c1cncn1Cc1ccc(F)cc1. The molecule has 3 heteroatoms. The smallest absolute Gasteiger partial charge is 0.123 e. The van der Waals surface area contributed by atoms with E-state index in [1.807, 2.05) is 24.7 Å². The first-order valence-corrected chi connectivity index (χ1v) is 6.45. The second-order valence-electron chi connectivity index (χ2n) is 4.76. The Morgan fingerprint density at radius 1 is 1.28 bits per heavy atom. The summed E-state index contributed by atoms with van der Waals surface area (Å²) < 4.78 is 15.0. The van der Waals surface area contributed by atoms with Gasteiger partial charge in [-0.1, -0.05) is 32.4 Å². The molecular formula is C15H19FN2. The van der Waals surface area contributed by atoms with E-state index < -0.39 is 0 Å². The Bertz CT molecular complexity index is 487. The predicted octanol–water partition coefficient (Wildman–Crippen LogP) is 3.97. The number of hydrogen-bond donors (Lipinski definition) is 0. The van der Waals surface area contributed by atoms with Crippen LogP contribution >= 0.6 is 0 Å². The van der Waals surface area contributed by atoms with Crippen molar-refractivity contribution in [3.05, 3.63) is 53.9 Å². The van der Waals surface area contributed by atoms with E-state index in [-0.39, 0.29) is 5.82 Å². The van der Waals surface area contributed by atoms with E-state index in [1.165, 1.54) is 24.2 Å². The fraction of sp³-hybridized carbons (Fsp3) is 0.400. The minimum atomic E-state index is -0.191. The van der Waals surface area contributed by atoms with Gasteiger partial charge in [-0.15, -0.1) is 0 Å². The van der Waals surface area contributed by atoms with Crippen LogP contribution in [0.25, 0.3) is 0 Å². The Morgan fingerprint density at radius 2 is 2.00 bits per heavy atom. The molecule has 0 amide bonds. The van der Waals surface area contributed by atoms with Crippen LogP contribution < -0.4 is 0 Å². The summed E-state index contributed by atoms with van der Waals surface area (Å²) in [6.45, 7) is 5.17. The highest BCUT2D eigenvalue weighted by molar-refractivity contribution is 5.18. The van der Waals surface area contributed by atoms with E-state index in [9.17, 15) is 4.39 Å². The van der Waals surface area contributed by atoms with E-state index >= 15 is 0 Å². The second-order valence-corrected chi connectivity index (χ2v) is 4.76. The molecule has 2 aromatic rings. The molecule has 2 nitrogen and oxygen atoms in total. The van der Waals surface area contributed by atoms with Crippen molar-refractivity contribution < 1.29 is 4.39 Å². The largest absolute Gasteiger partial charge is 0.330 e. The average molecular weight is 246 g/mol. The molecule has 1 aromatic carbocycles. The highest BCUT2D eigenvalue weighted by Crippen LogP contribution is 2.20. The Balaban J connectivity index is 2.14. The summed E-state index contributed by atoms with van der Waals surface area (Å²) in [4.78, 5) is 4.23. The van der Waals surface area contributed by atoms with Crippen molar-refractivity contribution in [3.63, 3.8) is 0 Å².